The number of anilines is 1. The van der Waals surface area contributed by atoms with Crippen molar-refractivity contribution < 1.29 is 27.4 Å². The van der Waals surface area contributed by atoms with Crippen LogP contribution in [0.25, 0.3) is 11.3 Å². The SMILES string of the molecule is COCCOc1cc(F)c(-c2nc(C(=O)Nc3cnccc3[C@H]3C[C@H](N)C[C@@H](C(C)C)C3)ccc2F)c(F)c1. The van der Waals surface area contributed by atoms with Crippen LogP contribution in [-0.2, 0) is 4.74 Å². The molecule has 3 N–H and O–H groups in total. The number of halogens is 3. The molecule has 1 aliphatic rings. The Balaban J connectivity index is 1.59. The van der Waals surface area contributed by atoms with Crippen LogP contribution in [-0.4, -0.2) is 42.2 Å². The van der Waals surface area contributed by atoms with Gasteiger partial charge in [-0.05, 0) is 60.8 Å². The molecule has 1 saturated carbocycles. The summed E-state index contributed by atoms with van der Waals surface area (Å²) in [5.41, 5.74) is 6.23. The predicted molar refractivity (Wildman–Crippen MR) is 142 cm³/mol. The van der Waals surface area contributed by atoms with Crippen LogP contribution in [0.2, 0.25) is 0 Å². The molecule has 1 aliphatic carbocycles. The van der Waals surface area contributed by atoms with Crippen molar-refractivity contribution >= 4 is 11.6 Å². The van der Waals surface area contributed by atoms with Crippen LogP contribution in [0.5, 0.6) is 5.75 Å². The number of hydrogen-bond donors (Lipinski definition) is 2. The highest BCUT2D eigenvalue weighted by molar-refractivity contribution is 6.03. The zero-order valence-corrected chi connectivity index (χ0v) is 22.2. The second-order valence-corrected chi connectivity index (χ2v) is 10.2. The number of rotatable bonds is 9. The van der Waals surface area contributed by atoms with Crippen LogP contribution in [0.4, 0.5) is 18.9 Å². The first-order valence-electron chi connectivity index (χ1n) is 13.0. The molecule has 2 heterocycles. The van der Waals surface area contributed by atoms with Gasteiger partial charge in [-0.25, -0.2) is 18.2 Å². The van der Waals surface area contributed by atoms with Crippen LogP contribution < -0.4 is 15.8 Å². The van der Waals surface area contributed by atoms with Gasteiger partial charge in [-0.15, -0.1) is 0 Å². The van der Waals surface area contributed by atoms with Crippen LogP contribution >= 0.6 is 0 Å². The Hall–Kier alpha value is -3.50. The molecule has 1 fully saturated rings. The van der Waals surface area contributed by atoms with Crippen molar-refractivity contribution in [3.63, 3.8) is 0 Å². The van der Waals surface area contributed by atoms with Gasteiger partial charge in [0.05, 0.1) is 24.1 Å². The molecule has 0 aliphatic heterocycles. The number of pyridine rings is 2. The van der Waals surface area contributed by atoms with E-state index in [1.54, 1.807) is 12.4 Å². The van der Waals surface area contributed by atoms with Gasteiger partial charge in [0, 0.05) is 31.5 Å². The molecule has 1 aromatic carbocycles. The largest absolute Gasteiger partial charge is 0.491 e. The van der Waals surface area contributed by atoms with Gasteiger partial charge in [-0.3, -0.25) is 9.78 Å². The van der Waals surface area contributed by atoms with Crippen molar-refractivity contribution in [3.8, 4) is 17.0 Å². The highest BCUT2D eigenvalue weighted by Crippen LogP contribution is 2.41. The smallest absolute Gasteiger partial charge is 0.274 e. The van der Waals surface area contributed by atoms with Crippen molar-refractivity contribution in [1.82, 2.24) is 9.97 Å². The number of hydrogen-bond acceptors (Lipinski definition) is 6. The van der Waals surface area contributed by atoms with Crippen LogP contribution in [0.1, 0.15) is 55.1 Å². The van der Waals surface area contributed by atoms with E-state index in [1.165, 1.54) is 7.11 Å². The maximum atomic E-state index is 14.9. The number of benzene rings is 1. The fourth-order valence-corrected chi connectivity index (χ4v) is 5.10. The molecule has 0 saturated heterocycles. The Labute approximate surface area is 225 Å². The molecule has 0 bridgehead atoms. The standard InChI is InChI=1S/C29H33F3N4O3/c1-16(2)17-10-18(12-19(33)11-17)21-6-7-34-15-26(21)36-29(37)25-5-4-22(30)28(35-25)27-23(31)13-20(14-24(27)32)39-9-8-38-3/h4-7,13-19H,8-12,33H2,1-3H3,(H,36,37)/t17-,18+,19+/m0/s1. The van der Waals surface area contributed by atoms with E-state index in [9.17, 15) is 18.0 Å². The fourth-order valence-electron chi connectivity index (χ4n) is 5.10. The zero-order chi connectivity index (χ0) is 28.1. The highest BCUT2D eigenvalue weighted by Gasteiger charge is 2.31. The summed E-state index contributed by atoms with van der Waals surface area (Å²) in [5, 5.41) is 2.80. The monoisotopic (exact) mass is 542 g/mol. The number of nitrogens with zero attached hydrogens (tertiary/aromatic N) is 2. The van der Waals surface area contributed by atoms with Crippen molar-refractivity contribution in [1.29, 1.82) is 0 Å². The van der Waals surface area contributed by atoms with E-state index in [4.69, 9.17) is 15.2 Å². The number of aromatic nitrogens is 2. The summed E-state index contributed by atoms with van der Waals surface area (Å²) in [6, 6.07) is 5.90. The summed E-state index contributed by atoms with van der Waals surface area (Å²) in [4.78, 5) is 21.3. The van der Waals surface area contributed by atoms with Gasteiger partial charge in [0.15, 0.2) is 0 Å². The van der Waals surface area contributed by atoms with Gasteiger partial charge in [-0.1, -0.05) is 13.8 Å². The topological polar surface area (TPSA) is 99.4 Å². The molecule has 0 radical (unpaired) electrons. The average Bonchev–Trinajstić information content (AvgIpc) is 2.89. The van der Waals surface area contributed by atoms with Crippen LogP contribution in [0.3, 0.4) is 0 Å². The van der Waals surface area contributed by atoms with E-state index in [0.29, 0.717) is 17.5 Å². The van der Waals surface area contributed by atoms with Gasteiger partial charge in [0.1, 0.15) is 41.2 Å². The minimum atomic E-state index is -1.07. The normalized spacial score (nSPS) is 19.2. The lowest BCUT2D eigenvalue weighted by Crippen LogP contribution is -2.34. The maximum absolute atomic E-state index is 14.9. The van der Waals surface area contributed by atoms with E-state index in [2.05, 4.69) is 29.1 Å². The second kappa shape index (κ2) is 12.6. The zero-order valence-electron chi connectivity index (χ0n) is 22.2. The Kier molecular flexibility index (Phi) is 9.19. The molecule has 0 spiro atoms. The summed E-state index contributed by atoms with van der Waals surface area (Å²) < 4.78 is 54.5. The van der Waals surface area contributed by atoms with E-state index in [1.807, 2.05) is 6.07 Å². The lowest BCUT2D eigenvalue weighted by molar-refractivity contribution is 0.102. The molecule has 39 heavy (non-hydrogen) atoms. The summed E-state index contributed by atoms with van der Waals surface area (Å²) in [7, 11) is 1.47. The number of nitrogens with two attached hydrogens (primary N) is 1. The molecule has 1 amide bonds. The van der Waals surface area contributed by atoms with E-state index < -0.39 is 34.6 Å². The number of amides is 1. The first-order valence-corrected chi connectivity index (χ1v) is 13.0. The Morgan fingerprint density at radius 2 is 1.82 bits per heavy atom. The molecular formula is C29H33F3N4O3. The third-order valence-corrected chi connectivity index (χ3v) is 7.15. The van der Waals surface area contributed by atoms with Crippen LogP contribution in [0, 0.1) is 29.3 Å². The maximum Gasteiger partial charge on any atom is 0.274 e. The molecular weight excluding hydrogens is 509 g/mol. The molecule has 3 aromatic rings. The van der Waals surface area contributed by atoms with Crippen molar-refractivity contribution in [2.75, 3.05) is 25.6 Å². The molecule has 7 nitrogen and oxygen atoms in total. The van der Waals surface area contributed by atoms with Crippen molar-refractivity contribution in [2.45, 2.75) is 45.1 Å². The predicted octanol–water partition coefficient (Wildman–Crippen LogP) is 5.71. The number of methoxy groups -OCH3 is 1. The van der Waals surface area contributed by atoms with E-state index in [0.717, 1.165) is 49.1 Å². The van der Waals surface area contributed by atoms with Gasteiger partial charge >= 0.3 is 0 Å². The molecule has 3 atom stereocenters. The first kappa shape index (κ1) is 28.5. The summed E-state index contributed by atoms with van der Waals surface area (Å²) in [6.45, 7) is 4.67. The van der Waals surface area contributed by atoms with E-state index in [-0.39, 0.29) is 36.6 Å². The Morgan fingerprint density at radius 1 is 1.08 bits per heavy atom. The summed E-state index contributed by atoms with van der Waals surface area (Å²) in [5.74, 6) is -2.80. The second-order valence-electron chi connectivity index (χ2n) is 10.2. The van der Waals surface area contributed by atoms with Gasteiger partial charge in [0.25, 0.3) is 5.91 Å². The average molecular weight is 543 g/mol. The molecule has 2 aromatic heterocycles. The summed E-state index contributed by atoms with van der Waals surface area (Å²) in [6.07, 6.45) is 5.87. The lowest BCUT2D eigenvalue weighted by atomic mass is 9.72. The Bertz CT molecular complexity index is 1300. The minimum absolute atomic E-state index is 0.0516. The first-order chi connectivity index (χ1) is 18.7. The van der Waals surface area contributed by atoms with Crippen LogP contribution in [0.15, 0.2) is 42.7 Å². The molecule has 0 unspecified atom stereocenters. The molecule has 208 valence electrons. The molecule has 10 heteroatoms. The van der Waals surface area contributed by atoms with Gasteiger partial charge in [-0.2, -0.15) is 0 Å². The number of ether oxygens (including phenoxy) is 2. The van der Waals surface area contributed by atoms with Gasteiger partial charge < -0.3 is 20.5 Å². The van der Waals surface area contributed by atoms with Crippen molar-refractivity contribution in [3.05, 3.63) is 71.4 Å². The molecule has 4 rings (SSSR count). The van der Waals surface area contributed by atoms with Crippen molar-refractivity contribution in [2.24, 2.45) is 17.6 Å². The van der Waals surface area contributed by atoms with E-state index >= 15 is 0 Å². The fraction of sp³-hybridized carbons (Fsp3) is 0.414. The number of carbonyl (C=O) groups is 1. The summed E-state index contributed by atoms with van der Waals surface area (Å²) >= 11 is 0. The Morgan fingerprint density at radius 3 is 2.51 bits per heavy atom. The minimum Gasteiger partial charge on any atom is -0.491 e. The number of carbonyl (C=O) groups excluding carboxylic acids is 1. The number of nitrogens with one attached hydrogen (secondary N) is 1. The quantitative estimate of drug-likeness (QED) is 0.336. The third-order valence-electron chi connectivity index (χ3n) is 7.15. The van der Waals surface area contributed by atoms with Gasteiger partial charge in [0.2, 0.25) is 0 Å². The lowest BCUT2D eigenvalue weighted by Gasteiger charge is -2.36. The third kappa shape index (κ3) is 6.75. The highest BCUT2D eigenvalue weighted by atomic mass is 19.1.